The summed E-state index contributed by atoms with van der Waals surface area (Å²) in [4.78, 5) is 17.7. The van der Waals surface area contributed by atoms with Crippen LogP contribution in [0.4, 0.5) is 5.13 Å². The normalized spacial score (nSPS) is 10.5. The zero-order valence-electron chi connectivity index (χ0n) is 14.1. The molecule has 4 nitrogen and oxygen atoms in total. The maximum absolute atomic E-state index is 12.1. The molecule has 0 aliphatic carbocycles. The van der Waals surface area contributed by atoms with E-state index in [1.54, 1.807) is 18.9 Å². The first kappa shape index (κ1) is 19.2. The average Bonchev–Trinajstić information content (AvgIpc) is 3.11. The van der Waals surface area contributed by atoms with Crippen LogP contribution in [0.1, 0.15) is 6.42 Å². The Morgan fingerprint density at radius 3 is 2.62 bits per heavy atom. The number of ether oxygens (including phenoxy) is 1. The zero-order valence-corrected chi connectivity index (χ0v) is 17.9. The number of aromatic nitrogens is 1. The summed E-state index contributed by atoms with van der Waals surface area (Å²) in [5.41, 5.74) is 1.94. The van der Waals surface area contributed by atoms with E-state index in [1.807, 2.05) is 53.9 Å². The molecule has 0 unspecified atom stereocenters. The van der Waals surface area contributed by atoms with Crippen LogP contribution in [0.15, 0.2) is 58.8 Å². The van der Waals surface area contributed by atoms with Gasteiger partial charge >= 0.3 is 0 Å². The van der Waals surface area contributed by atoms with Crippen molar-refractivity contribution in [2.45, 2.75) is 11.3 Å². The zero-order chi connectivity index (χ0) is 18.4. The van der Waals surface area contributed by atoms with Crippen LogP contribution < -0.4 is 10.1 Å². The number of nitrogens with zero attached hydrogens (tertiary/aromatic N) is 1. The third-order valence-electron chi connectivity index (χ3n) is 3.55. The second-order valence-electron chi connectivity index (χ2n) is 5.37. The van der Waals surface area contributed by atoms with Crippen LogP contribution in [0.2, 0.25) is 0 Å². The predicted octanol–water partition coefficient (Wildman–Crippen LogP) is 5.54. The van der Waals surface area contributed by atoms with Gasteiger partial charge < -0.3 is 10.1 Å². The quantitative estimate of drug-likeness (QED) is 0.345. The number of amides is 1. The van der Waals surface area contributed by atoms with Gasteiger partial charge in [0.2, 0.25) is 5.91 Å². The third-order valence-corrected chi connectivity index (χ3v) is 6.04. The molecule has 2 aromatic carbocycles. The van der Waals surface area contributed by atoms with Crippen LogP contribution in [-0.2, 0) is 4.79 Å². The molecule has 0 aliphatic heterocycles. The minimum atomic E-state index is -0.0190. The van der Waals surface area contributed by atoms with E-state index in [-0.39, 0.29) is 5.91 Å². The first-order valence-electron chi connectivity index (χ1n) is 7.92. The second-order valence-corrected chi connectivity index (χ2v) is 8.64. The number of halogens is 1. The Bertz CT molecular complexity index is 864. The van der Waals surface area contributed by atoms with E-state index in [0.717, 1.165) is 21.9 Å². The largest absolute Gasteiger partial charge is 0.497 e. The van der Waals surface area contributed by atoms with Crippen molar-refractivity contribution in [3.05, 3.63) is 57.5 Å². The monoisotopic (exact) mass is 496 g/mol. The van der Waals surface area contributed by atoms with Crippen LogP contribution in [0, 0.1) is 3.57 Å². The molecule has 0 spiro atoms. The highest BCUT2D eigenvalue weighted by atomic mass is 127. The summed E-state index contributed by atoms with van der Waals surface area (Å²) >= 11 is 5.37. The summed E-state index contributed by atoms with van der Waals surface area (Å²) in [6.07, 6.45) is 0.440. The molecule has 0 aliphatic rings. The molecule has 3 aromatic rings. The highest BCUT2D eigenvalue weighted by Crippen LogP contribution is 2.26. The van der Waals surface area contributed by atoms with E-state index < -0.39 is 0 Å². The second kappa shape index (κ2) is 9.38. The fourth-order valence-electron chi connectivity index (χ4n) is 2.20. The summed E-state index contributed by atoms with van der Waals surface area (Å²) in [5.74, 6) is 1.53. The maximum Gasteiger partial charge on any atom is 0.226 e. The summed E-state index contributed by atoms with van der Waals surface area (Å²) < 4.78 is 6.32. The van der Waals surface area contributed by atoms with Gasteiger partial charge in [0.1, 0.15) is 5.75 Å². The Morgan fingerprint density at radius 2 is 1.92 bits per heavy atom. The van der Waals surface area contributed by atoms with Gasteiger partial charge in [-0.05, 0) is 59.0 Å². The molecule has 1 aromatic heterocycles. The van der Waals surface area contributed by atoms with Crippen molar-refractivity contribution in [2.24, 2.45) is 0 Å². The number of thiazole rings is 1. The van der Waals surface area contributed by atoms with Gasteiger partial charge in [-0.15, -0.1) is 23.1 Å². The van der Waals surface area contributed by atoms with Crippen molar-refractivity contribution >= 4 is 56.7 Å². The number of carbonyl (C=O) groups excluding carboxylic acids is 1. The van der Waals surface area contributed by atoms with Gasteiger partial charge in [0.05, 0.1) is 12.8 Å². The lowest BCUT2D eigenvalue weighted by Crippen LogP contribution is -2.11. The van der Waals surface area contributed by atoms with Gasteiger partial charge in [-0.25, -0.2) is 4.98 Å². The first-order chi connectivity index (χ1) is 12.6. The van der Waals surface area contributed by atoms with E-state index in [9.17, 15) is 4.79 Å². The number of hydrogen-bond donors (Lipinski definition) is 1. The average molecular weight is 496 g/mol. The smallest absolute Gasteiger partial charge is 0.226 e. The Labute approximate surface area is 174 Å². The van der Waals surface area contributed by atoms with Gasteiger partial charge in [0, 0.05) is 31.6 Å². The fraction of sp³-hybridized carbons (Fsp3) is 0.158. The Balaban J connectivity index is 1.48. The van der Waals surface area contributed by atoms with Crippen molar-refractivity contribution < 1.29 is 9.53 Å². The lowest BCUT2D eigenvalue weighted by molar-refractivity contribution is -0.115. The summed E-state index contributed by atoms with van der Waals surface area (Å²) in [7, 11) is 1.65. The standard InChI is InChI=1S/C19H17IN2O2S2/c1-24-15-6-8-16(9-7-15)25-11-10-18(23)22-19-21-17(12-26-19)13-2-4-14(20)5-3-13/h2-9,12H,10-11H2,1H3,(H,21,22,23). The number of thioether (sulfide) groups is 1. The first-order valence-corrected chi connectivity index (χ1v) is 10.9. The van der Waals surface area contributed by atoms with Crippen LogP contribution in [-0.4, -0.2) is 23.8 Å². The number of carbonyl (C=O) groups is 1. The van der Waals surface area contributed by atoms with Gasteiger partial charge in [0.15, 0.2) is 5.13 Å². The lowest BCUT2D eigenvalue weighted by atomic mass is 10.2. The van der Waals surface area contributed by atoms with E-state index >= 15 is 0 Å². The topological polar surface area (TPSA) is 51.2 Å². The number of methoxy groups -OCH3 is 1. The molecular weight excluding hydrogens is 479 g/mol. The molecule has 0 fully saturated rings. The van der Waals surface area contributed by atoms with E-state index in [1.165, 1.54) is 14.9 Å². The number of nitrogens with one attached hydrogen (secondary N) is 1. The van der Waals surface area contributed by atoms with Gasteiger partial charge in [-0.1, -0.05) is 12.1 Å². The summed E-state index contributed by atoms with van der Waals surface area (Å²) in [5, 5.41) is 5.48. The number of hydrogen-bond acceptors (Lipinski definition) is 5. The SMILES string of the molecule is COc1ccc(SCCC(=O)Nc2nc(-c3ccc(I)cc3)cs2)cc1. The van der Waals surface area contributed by atoms with Crippen LogP contribution in [0.25, 0.3) is 11.3 Å². The van der Waals surface area contributed by atoms with E-state index in [2.05, 4.69) is 32.9 Å². The molecule has 0 atom stereocenters. The predicted molar refractivity (Wildman–Crippen MR) is 117 cm³/mol. The van der Waals surface area contributed by atoms with Gasteiger partial charge in [-0.3, -0.25) is 4.79 Å². The van der Waals surface area contributed by atoms with Crippen molar-refractivity contribution in [3.63, 3.8) is 0 Å². The van der Waals surface area contributed by atoms with Crippen molar-refractivity contribution in [1.82, 2.24) is 4.98 Å². The van der Waals surface area contributed by atoms with Crippen LogP contribution in [0.5, 0.6) is 5.75 Å². The summed E-state index contributed by atoms with van der Waals surface area (Å²) in [6, 6.07) is 16.0. The highest BCUT2D eigenvalue weighted by Gasteiger charge is 2.08. The molecule has 3 rings (SSSR count). The minimum Gasteiger partial charge on any atom is -0.497 e. The fourth-order valence-corrected chi connectivity index (χ4v) is 4.15. The number of rotatable bonds is 7. The van der Waals surface area contributed by atoms with Gasteiger partial charge in [0.25, 0.3) is 0 Å². The maximum atomic E-state index is 12.1. The van der Waals surface area contributed by atoms with Crippen LogP contribution in [0.3, 0.4) is 0 Å². The van der Waals surface area contributed by atoms with Crippen LogP contribution >= 0.6 is 45.7 Å². The van der Waals surface area contributed by atoms with E-state index in [0.29, 0.717) is 17.3 Å². The molecule has 134 valence electrons. The van der Waals surface area contributed by atoms with Crippen molar-refractivity contribution in [1.29, 1.82) is 0 Å². The number of benzene rings is 2. The molecule has 0 saturated carbocycles. The molecule has 1 amide bonds. The molecule has 0 saturated heterocycles. The Hall–Kier alpha value is -1.58. The molecular formula is C19H17IN2O2S2. The Kier molecular flexibility index (Phi) is 6.93. The third kappa shape index (κ3) is 5.46. The van der Waals surface area contributed by atoms with E-state index in [4.69, 9.17) is 4.74 Å². The van der Waals surface area contributed by atoms with Gasteiger partial charge in [-0.2, -0.15) is 0 Å². The molecule has 1 heterocycles. The molecule has 1 N–H and O–H groups in total. The Morgan fingerprint density at radius 1 is 1.19 bits per heavy atom. The molecule has 7 heteroatoms. The summed E-state index contributed by atoms with van der Waals surface area (Å²) in [6.45, 7) is 0. The molecule has 0 bridgehead atoms. The molecule has 26 heavy (non-hydrogen) atoms. The highest BCUT2D eigenvalue weighted by molar-refractivity contribution is 14.1. The van der Waals surface area contributed by atoms with Crippen molar-refractivity contribution in [3.8, 4) is 17.0 Å². The minimum absolute atomic E-state index is 0.0190. The van der Waals surface area contributed by atoms with Crippen molar-refractivity contribution in [2.75, 3.05) is 18.2 Å². The molecule has 0 radical (unpaired) electrons. The number of anilines is 1. The lowest BCUT2D eigenvalue weighted by Gasteiger charge is -2.04.